The number of likely N-dealkylation sites (N-methyl/N-ethyl adjacent to an activating group) is 1. The van der Waals surface area contributed by atoms with Crippen molar-refractivity contribution in [3.63, 3.8) is 0 Å². The minimum absolute atomic E-state index is 0.0356. The van der Waals surface area contributed by atoms with Crippen molar-refractivity contribution >= 4 is 15.9 Å². The molecule has 2 aliphatic rings. The van der Waals surface area contributed by atoms with Crippen LogP contribution in [0.5, 0.6) is 5.75 Å². The van der Waals surface area contributed by atoms with Gasteiger partial charge < -0.3 is 14.4 Å². The van der Waals surface area contributed by atoms with Crippen LogP contribution in [0.25, 0.3) is 0 Å². The Morgan fingerprint density at radius 3 is 2.69 bits per heavy atom. The zero-order valence-corrected chi connectivity index (χ0v) is 19.4. The second-order valence-electron chi connectivity index (χ2n) is 8.29. The molecule has 2 aromatic rings. The molecule has 0 radical (unpaired) electrons. The number of fused-ring (bicyclic) bond motifs is 1. The van der Waals surface area contributed by atoms with Crippen LogP contribution in [0.4, 0.5) is 0 Å². The molecular formula is C24H30N2O5S. The van der Waals surface area contributed by atoms with E-state index in [0.717, 1.165) is 19.3 Å². The van der Waals surface area contributed by atoms with E-state index in [2.05, 4.69) is 12.1 Å². The number of hydrogen-bond acceptors (Lipinski definition) is 5. The first kappa shape index (κ1) is 22.8. The van der Waals surface area contributed by atoms with Crippen molar-refractivity contribution in [1.29, 1.82) is 0 Å². The summed E-state index contributed by atoms with van der Waals surface area (Å²) in [5.41, 5.74) is 3.16. The Balaban J connectivity index is 1.56. The number of carbonyl (C=O) groups is 1. The molecule has 1 atom stereocenters. The topological polar surface area (TPSA) is 76.2 Å². The fraction of sp³-hybridized carbons (Fsp3) is 0.458. The Kier molecular flexibility index (Phi) is 6.83. The average molecular weight is 459 g/mol. The highest BCUT2D eigenvalue weighted by Gasteiger charge is 2.30. The molecule has 8 heteroatoms. The predicted molar refractivity (Wildman–Crippen MR) is 121 cm³/mol. The number of amides is 1. The lowest BCUT2D eigenvalue weighted by molar-refractivity contribution is -0.131. The average Bonchev–Trinajstić information content (AvgIpc) is 2.83. The minimum Gasteiger partial charge on any atom is -0.495 e. The maximum atomic E-state index is 13.2. The third-order valence-corrected chi connectivity index (χ3v) is 8.29. The first-order chi connectivity index (χ1) is 15.4. The number of sulfonamides is 1. The quantitative estimate of drug-likeness (QED) is 0.665. The van der Waals surface area contributed by atoms with E-state index in [4.69, 9.17) is 9.47 Å². The smallest absolute Gasteiger partial charge is 0.246 e. The van der Waals surface area contributed by atoms with Gasteiger partial charge in [-0.2, -0.15) is 4.31 Å². The van der Waals surface area contributed by atoms with Gasteiger partial charge in [-0.15, -0.1) is 0 Å². The Morgan fingerprint density at radius 2 is 1.94 bits per heavy atom. The number of hydrogen-bond donors (Lipinski definition) is 0. The lowest BCUT2D eigenvalue weighted by Crippen LogP contribution is -2.40. The molecule has 1 heterocycles. The molecule has 1 aliphatic heterocycles. The van der Waals surface area contributed by atoms with Crippen molar-refractivity contribution in [3.05, 3.63) is 59.2 Å². The van der Waals surface area contributed by atoms with Crippen molar-refractivity contribution in [2.24, 2.45) is 0 Å². The fourth-order valence-corrected chi connectivity index (χ4v) is 6.18. The molecule has 1 amide bonds. The lowest BCUT2D eigenvalue weighted by atomic mass is 9.87. The lowest BCUT2D eigenvalue weighted by Gasteiger charge is -2.33. The molecule has 1 fully saturated rings. The summed E-state index contributed by atoms with van der Waals surface area (Å²) in [4.78, 5) is 15.1. The van der Waals surface area contributed by atoms with E-state index in [1.54, 1.807) is 23.1 Å². The van der Waals surface area contributed by atoms with Crippen molar-refractivity contribution < 1.29 is 22.7 Å². The highest BCUT2D eigenvalue weighted by molar-refractivity contribution is 7.89. The SMILES string of the molecule is COc1ccc(CC(=O)N(C)[C@@H]2CCCc3ccccc32)cc1S(=O)(=O)N1CCOCC1. The molecule has 0 saturated carbocycles. The Hall–Kier alpha value is -2.42. The number of nitrogens with zero attached hydrogens (tertiary/aromatic N) is 2. The van der Waals surface area contributed by atoms with Gasteiger partial charge in [-0.25, -0.2) is 8.42 Å². The number of benzene rings is 2. The summed E-state index contributed by atoms with van der Waals surface area (Å²) < 4.78 is 38.5. The van der Waals surface area contributed by atoms with Gasteiger partial charge in [0.1, 0.15) is 10.6 Å². The summed E-state index contributed by atoms with van der Waals surface area (Å²) in [6.07, 6.45) is 3.14. The molecule has 1 saturated heterocycles. The number of carbonyl (C=O) groups excluding carboxylic acids is 1. The molecule has 7 nitrogen and oxygen atoms in total. The summed E-state index contributed by atoms with van der Waals surface area (Å²) in [6.45, 7) is 1.34. The van der Waals surface area contributed by atoms with Crippen molar-refractivity contribution in [2.45, 2.75) is 36.6 Å². The zero-order chi connectivity index (χ0) is 22.7. The van der Waals surface area contributed by atoms with E-state index in [9.17, 15) is 13.2 Å². The molecule has 0 spiro atoms. The predicted octanol–water partition coefficient (Wildman–Crippen LogP) is 2.79. The molecule has 0 N–H and O–H groups in total. The maximum absolute atomic E-state index is 13.2. The van der Waals surface area contributed by atoms with Crippen LogP contribution in [-0.4, -0.2) is 64.0 Å². The molecule has 4 rings (SSSR count). The van der Waals surface area contributed by atoms with Crippen LogP contribution >= 0.6 is 0 Å². The van der Waals surface area contributed by atoms with Crippen molar-refractivity contribution in [2.75, 3.05) is 40.5 Å². The Labute approximate surface area is 190 Å². The van der Waals surface area contributed by atoms with Crippen LogP contribution in [0.15, 0.2) is 47.4 Å². The zero-order valence-electron chi connectivity index (χ0n) is 18.6. The molecule has 0 unspecified atom stereocenters. The molecule has 172 valence electrons. The van der Waals surface area contributed by atoms with Gasteiger partial charge in [0, 0.05) is 20.1 Å². The highest BCUT2D eigenvalue weighted by Crippen LogP contribution is 2.34. The number of aryl methyl sites for hydroxylation is 1. The molecule has 2 aromatic carbocycles. The van der Waals surface area contributed by atoms with Gasteiger partial charge in [-0.3, -0.25) is 4.79 Å². The van der Waals surface area contributed by atoms with E-state index < -0.39 is 10.0 Å². The molecule has 32 heavy (non-hydrogen) atoms. The summed E-state index contributed by atoms with van der Waals surface area (Å²) in [7, 11) is -0.452. The second kappa shape index (κ2) is 9.60. The van der Waals surface area contributed by atoms with Crippen LogP contribution in [0, 0.1) is 0 Å². The summed E-state index contributed by atoms with van der Waals surface area (Å²) in [6, 6.07) is 13.3. The van der Waals surface area contributed by atoms with Gasteiger partial charge in [0.25, 0.3) is 0 Å². The highest BCUT2D eigenvalue weighted by atomic mass is 32.2. The minimum atomic E-state index is -3.74. The van der Waals surface area contributed by atoms with Gasteiger partial charge in [-0.1, -0.05) is 30.3 Å². The van der Waals surface area contributed by atoms with E-state index in [0.29, 0.717) is 31.9 Å². The number of ether oxygens (including phenoxy) is 2. The molecule has 0 bridgehead atoms. The van der Waals surface area contributed by atoms with E-state index >= 15 is 0 Å². The molecule has 1 aliphatic carbocycles. The normalized spacial score (nSPS) is 19.2. The summed E-state index contributed by atoms with van der Waals surface area (Å²) in [5.74, 6) is 0.244. The fourth-order valence-electron chi connectivity index (χ4n) is 4.56. The first-order valence-corrected chi connectivity index (χ1v) is 12.4. The number of morpholine rings is 1. The third kappa shape index (κ3) is 4.53. The largest absolute Gasteiger partial charge is 0.495 e. The van der Waals surface area contributed by atoms with Crippen molar-refractivity contribution in [1.82, 2.24) is 9.21 Å². The van der Waals surface area contributed by atoms with E-state index in [-0.39, 0.29) is 29.0 Å². The number of methoxy groups -OCH3 is 1. The maximum Gasteiger partial charge on any atom is 0.246 e. The van der Waals surface area contributed by atoms with Gasteiger partial charge in [-0.05, 0) is 48.1 Å². The van der Waals surface area contributed by atoms with Crippen LogP contribution in [0.3, 0.4) is 0 Å². The van der Waals surface area contributed by atoms with Crippen molar-refractivity contribution in [3.8, 4) is 5.75 Å². The summed E-state index contributed by atoms with van der Waals surface area (Å²) >= 11 is 0. The van der Waals surface area contributed by atoms with Crippen LogP contribution < -0.4 is 4.74 Å². The molecular weight excluding hydrogens is 428 g/mol. The number of rotatable bonds is 6. The Bertz CT molecular complexity index is 1080. The third-order valence-electron chi connectivity index (χ3n) is 6.37. The monoisotopic (exact) mass is 458 g/mol. The van der Waals surface area contributed by atoms with Gasteiger partial charge >= 0.3 is 0 Å². The van der Waals surface area contributed by atoms with E-state index in [1.807, 2.05) is 19.2 Å². The van der Waals surface area contributed by atoms with Gasteiger partial charge in [0.2, 0.25) is 15.9 Å². The van der Waals surface area contributed by atoms with Gasteiger partial charge in [0.05, 0.1) is 32.8 Å². The second-order valence-corrected chi connectivity index (χ2v) is 10.2. The van der Waals surface area contributed by atoms with Crippen LogP contribution in [0.2, 0.25) is 0 Å². The summed E-state index contributed by atoms with van der Waals surface area (Å²) in [5, 5.41) is 0. The van der Waals surface area contributed by atoms with Gasteiger partial charge in [0.15, 0.2) is 0 Å². The van der Waals surface area contributed by atoms with Crippen LogP contribution in [-0.2, 0) is 32.4 Å². The van der Waals surface area contributed by atoms with Crippen LogP contribution in [0.1, 0.15) is 35.6 Å². The first-order valence-electron chi connectivity index (χ1n) is 11.0. The molecule has 0 aromatic heterocycles. The Morgan fingerprint density at radius 1 is 1.19 bits per heavy atom. The standard InChI is InChI=1S/C24H30N2O5S/c1-25(21-9-5-7-19-6-3-4-8-20(19)21)24(27)17-18-10-11-22(30-2)23(16-18)32(28,29)26-12-14-31-15-13-26/h3-4,6,8,10-11,16,21H,5,7,9,12-15,17H2,1-2H3/t21-/m1/s1. The van der Waals surface area contributed by atoms with E-state index in [1.165, 1.54) is 22.5 Å².